The van der Waals surface area contributed by atoms with Crippen molar-refractivity contribution >= 4 is 86.7 Å². The summed E-state index contributed by atoms with van der Waals surface area (Å²) >= 11 is 8.67. The van der Waals surface area contributed by atoms with Gasteiger partial charge in [0.05, 0.1) is 39.9 Å². The van der Waals surface area contributed by atoms with E-state index in [1.54, 1.807) is 19.1 Å². The van der Waals surface area contributed by atoms with Crippen molar-refractivity contribution in [2.75, 3.05) is 39.3 Å². The second-order valence-electron chi connectivity index (χ2n) is 7.63. The van der Waals surface area contributed by atoms with Crippen molar-refractivity contribution in [3.8, 4) is 11.5 Å². The maximum Gasteiger partial charge on any atom is 0.344 e. The van der Waals surface area contributed by atoms with Crippen LogP contribution in [0.3, 0.4) is 0 Å². The number of rotatable bonds is 10. The van der Waals surface area contributed by atoms with Gasteiger partial charge in [-0.15, -0.1) is 0 Å². The number of ether oxygens (including phenoxy) is 4. The van der Waals surface area contributed by atoms with Crippen LogP contribution in [-0.2, 0) is 23.9 Å². The third-order valence-corrected chi connectivity index (χ3v) is 7.06. The summed E-state index contributed by atoms with van der Waals surface area (Å²) in [6.45, 7) is 1.07. The molecule has 1 fully saturated rings. The molecule has 39 heavy (non-hydrogen) atoms. The predicted octanol–water partition coefficient (Wildman–Crippen LogP) is 4.36. The topological polar surface area (TPSA) is 138 Å². The van der Waals surface area contributed by atoms with Crippen LogP contribution < -0.4 is 14.8 Å². The largest absolute Gasteiger partial charge is 0.493 e. The molecule has 1 aliphatic heterocycles. The molecule has 0 spiro atoms. The van der Waals surface area contributed by atoms with Crippen LogP contribution in [0.1, 0.15) is 22.8 Å². The highest BCUT2D eigenvalue weighted by Gasteiger charge is 2.36. The number of carbonyl (C=O) groups is 5. The van der Waals surface area contributed by atoms with Gasteiger partial charge in [0, 0.05) is 5.69 Å². The molecule has 0 unspecified atom stereocenters. The molecule has 0 aromatic heterocycles. The molecule has 0 aliphatic carbocycles. The Morgan fingerprint density at radius 2 is 1.90 bits per heavy atom. The molecule has 206 valence electrons. The van der Waals surface area contributed by atoms with Crippen molar-refractivity contribution in [2.45, 2.75) is 6.92 Å². The zero-order valence-corrected chi connectivity index (χ0v) is 24.6. The first-order valence-corrected chi connectivity index (χ1v) is 13.4. The third-order valence-electron chi connectivity index (χ3n) is 5.02. The predicted molar refractivity (Wildman–Crippen MR) is 152 cm³/mol. The number of esters is 2. The van der Waals surface area contributed by atoms with E-state index in [1.165, 1.54) is 38.5 Å². The first-order chi connectivity index (χ1) is 18.6. The number of imide groups is 1. The van der Waals surface area contributed by atoms with Gasteiger partial charge in [-0.3, -0.25) is 19.3 Å². The maximum atomic E-state index is 12.9. The number of amides is 3. The van der Waals surface area contributed by atoms with Gasteiger partial charge in [0.25, 0.3) is 11.1 Å². The van der Waals surface area contributed by atoms with Crippen LogP contribution in [0.5, 0.6) is 11.5 Å². The summed E-state index contributed by atoms with van der Waals surface area (Å²) in [5, 5.41) is 2.05. The van der Waals surface area contributed by atoms with E-state index in [4.69, 9.17) is 25.8 Å². The van der Waals surface area contributed by atoms with Crippen molar-refractivity contribution in [2.24, 2.45) is 0 Å². The lowest BCUT2D eigenvalue weighted by molar-refractivity contribution is -0.145. The fourth-order valence-electron chi connectivity index (χ4n) is 3.30. The highest BCUT2D eigenvalue weighted by molar-refractivity contribution is 14.1. The molecule has 1 saturated heterocycles. The lowest BCUT2D eigenvalue weighted by Crippen LogP contribution is -2.36. The highest BCUT2D eigenvalue weighted by atomic mass is 127. The van der Waals surface area contributed by atoms with Gasteiger partial charge in [-0.05, 0) is 83.2 Å². The van der Waals surface area contributed by atoms with E-state index >= 15 is 0 Å². The lowest BCUT2D eigenvalue weighted by atomic mass is 10.2. The Labute approximate surface area is 246 Å². The molecule has 1 heterocycles. The van der Waals surface area contributed by atoms with Crippen LogP contribution in [0.15, 0.2) is 35.2 Å². The molecule has 14 heteroatoms. The monoisotopic (exact) mass is 688 g/mol. The summed E-state index contributed by atoms with van der Waals surface area (Å²) in [5.74, 6) is -1.88. The van der Waals surface area contributed by atoms with Crippen molar-refractivity contribution in [1.29, 1.82) is 0 Å². The van der Waals surface area contributed by atoms with E-state index < -0.39 is 35.5 Å². The number of thioether (sulfide) groups is 1. The zero-order chi connectivity index (χ0) is 28.7. The van der Waals surface area contributed by atoms with Crippen LogP contribution >= 0.6 is 46.0 Å². The van der Waals surface area contributed by atoms with Gasteiger partial charge >= 0.3 is 11.9 Å². The molecule has 2 aromatic carbocycles. The van der Waals surface area contributed by atoms with Crippen molar-refractivity contribution in [3.63, 3.8) is 0 Å². The fourth-order valence-corrected chi connectivity index (χ4v) is 5.11. The second kappa shape index (κ2) is 13.7. The molecular formula is C25H22ClIN2O9S. The van der Waals surface area contributed by atoms with Crippen LogP contribution in [-0.4, -0.2) is 67.9 Å². The van der Waals surface area contributed by atoms with Gasteiger partial charge in [0.15, 0.2) is 18.1 Å². The van der Waals surface area contributed by atoms with Crippen LogP contribution in [0, 0.1) is 3.57 Å². The Morgan fingerprint density at radius 1 is 1.15 bits per heavy atom. The van der Waals surface area contributed by atoms with E-state index in [0.29, 0.717) is 32.4 Å². The molecule has 3 rings (SSSR count). The first-order valence-electron chi connectivity index (χ1n) is 11.2. The van der Waals surface area contributed by atoms with Crippen LogP contribution in [0.4, 0.5) is 10.5 Å². The molecular weight excluding hydrogens is 667 g/mol. The standard InChI is InChI=1S/C25H22ClIN2O9S/c1-4-37-21(31)12-38-22-17(27)7-13(8-18(22)35-2)9-19-23(32)29(25(34)39-19)11-20(30)28-14-5-6-16(26)15(10-14)24(33)36-3/h5-10H,4,11-12H2,1-3H3,(H,28,30)/b19-9+. The van der Waals surface area contributed by atoms with E-state index in [2.05, 4.69) is 10.1 Å². The summed E-state index contributed by atoms with van der Waals surface area (Å²) in [6, 6.07) is 7.48. The minimum Gasteiger partial charge on any atom is -0.493 e. The third kappa shape index (κ3) is 7.64. The lowest BCUT2D eigenvalue weighted by Gasteiger charge is -2.14. The fraction of sp³-hybridized carbons (Fsp3) is 0.240. The first kappa shape index (κ1) is 30.2. The highest BCUT2D eigenvalue weighted by Crippen LogP contribution is 2.37. The Balaban J connectivity index is 1.72. The number of carbonyl (C=O) groups excluding carboxylic acids is 5. The smallest absolute Gasteiger partial charge is 0.344 e. The van der Waals surface area contributed by atoms with Crippen molar-refractivity contribution in [3.05, 3.63) is 55.0 Å². The Bertz CT molecular complexity index is 1370. The SMILES string of the molecule is CCOC(=O)COc1c(I)cc(/C=C2/SC(=O)N(CC(=O)Nc3ccc(Cl)c(C(=O)OC)c3)C2=O)cc1OC. The average molecular weight is 689 g/mol. The van der Waals surface area contributed by atoms with Crippen molar-refractivity contribution in [1.82, 2.24) is 4.90 Å². The van der Waals surface area contributed by atoms with Crippen LogP contribution in [0.2, 0.25) is 5.02 Å². The van der Waals surface area contributed by atoms with E-state index in [9.17, 15) is 24.0 Å². The molecule has 1 aliphatic rings. The Hall–Kier alpha value is -3.30. The normalized spacial score (nSPS) is 13.9. The number of benzene rings is 2. The maximum absolute atomic E-state index is 12.9. The van der Waals surface area contributed by atoms with Gasteiger partial charge in [-0.2, -0.15) is 0 Å². The molecule has 11 nitrogen and oxygen atoms in total. The number of methoxy groups -OCH3 is 2. The van der Waals surface area contributed by atoms with Gasteiger partial charge in [-0.1, -0.05) is 11.6 Å². The van der Waals surface area contributed by atoms with Gasteiger partial charge in [0.2, 0.25) is 5.91 Å². The van der Waals surface area contributed by atoms with Gasteiger partial charge in [-0.25, -0.2) is 9.59 Å². The Morgan fingerprint density at radius 3 is 2.56 bits per heavy atom. The minimum atomic E-state index is -0.683. The summed E-state index contributed by atoms with van der Waals surface area (Å²) in [5.41, 5.74) is 0.818. The quantitative estimate of drug-likeness (QED) is 0.218. The summed E-state index contributed by atoms with van der Waals surface area (Å²) in [4.78, 5) is 62.4. The molecule has 0 atom stereocenters. The second-order valence-corrected chi connectivity index (χ2v) is 10.2. The molecule has 1 N–H and O–H groups in total. The van der Waals surface area contributed by atoms with E-state index in [0.717, 1.165) is 4.90 Å². The summed E-state index contributed by atoms with van der Waals surface area (Å²) in [7, 11) is 2.62. The molecule has 2 aromatic rings. The molecule has 0 bridgehead atoms. The van der Waals surface area contributed by atoms with Gasteiger partial charge in [0.1, 0.15) is 6.54 Å². The average Bonchev–Trinajstić information content (AvgIpc) is 3.15. The van der Waals surface area contributed by atoms with Gasteiger partial charge < -0.3 is 24.3 Å². The van der Waals surface area contributed by atoms with E-state index in [1.807, 2.05) is 22.6 Å². The molecule has 0 saturated carbocycles. The number of nitrogens with one attached hydrogen (secondary N) is 1. The summed E-state index contributed by atoms with van der Waals surface area (Å²) in [6.07, 6.45) is 1.49. The number of hydrogen-bond donors (Lipinski definition) is 1. The van der Waals surface area contributed by atoms with Crippen molar-refractivity contribution < 1.29 is 42.9 Å². The zero-order valence-electron chi connectivity index (χ0n) is 20.9. The molecule has 3 amide bonds. The summed E-state index contributed by atoms with van der Waals surface area (Å²) < 4.78 is 21.0. The number of halogens is 2. The van der Waals surface area contributed by atoms with E-state index in [-0.39, 0.29) is 34.4 Å². The number of anilines is 1. The van der Waals surface area contributed by atoms with Crippen LogP contribution in [0.25, 0.3) is 6.08 Å². The molecule has 0 radical (unpaired) electrons. The minimum absolute atomic E-state index is 0.0495. The Kier molecular flexibility index (Phi) is 10.6. The number of nitrogens with zero attached hydrogens (tertiary/aromatic N) is 1. The number of hydrogen-bond acceptors (Lipinski definition) is 10.